The molecule has 0 saturated carbocycles. The van der Waals surface area contributed by atoms with Crippen molar-refractivity contribution in [2.75, 3.05) is 11.9 Å². The highest BCUT2D eigenvalue weighted by Gasteiger charge is 2.09. The molecule has 2 rings (SSSR count). The molecule has 0 fully saturated rings. The highest BCUT2D eigenvalue weighted by molar-refractivity contribution is 5.66. The Morgan fingerprint density at radius 1 is 1.15 bits per heavy atom. The summed E-state index contributed by atoms with van der Waals surface area (Å²) in [7, 11) is 0. The molecular weight excluding hydrogens is 253 g/mol. The summed E-state index contributed by atoms with van der Waals surface area (Å²) in [5, 5.41) is 3.21. The second-order valence-electron chi connectivity index (χ2n) is 4.79. The van der Waals surface area contributed by atoms with Crippen molar-refractivity contribution in [1.82, 2.24) is 9.97 Å². The van der Waals surface area contributed by atoms with Crippen LogP contribution in [-0.4, -0.2) is 16.5 Å². The van der Waals surface area contributed by atoms with Gasteiger partial charge in [0.2, 0.25) is 0 Å². The third-order valence-corrected chi connectivity index (χ3v) is 3.08. The summed E-state index contributed by atoms with van der Waals surface area (Å²) in [5.41, 5.74) is 2.61. The van der Waals surface area contributed by atoms with Gasteiger partial charge in [-0.2, -0.15) is 0 Å². The van der Waals surface area contributed by atoms with Gasteiger partial charge in [-0.15, -0.1) is 0 Å². The van der Waals surface area contributed by atoms with Crippen LogP contribution in [-0.2, 0) is 6.42 Å². The molecule has 0 aliphatic rings. The van der Waals surface area contributed by atoms with Gasteiger partial charge in [-0.05, 0) is 38.0 Å². The van der Waals surface area contributed by atoms with Gasteiger partial charge < -0.3 is 5.32 Å². The van der Waals surface area contributed by atoms with Gasteiger partial charge in [0, 0.05) is 24.6 Å². The molecule has 3 nitrogen and oxygen atoms in total. The first-order valence-electron chi connectivity index (χ1n) is 7.02. The lowest BCUT2D eigenvalue weighted by molar-refractivity contribution is 0.628. The fraction of sp³-hybridized carbons (Fsp3) is 0.375. The molecule has 0 spiro atoms. The van der Waals surface area contributed by atoms with Crippen molar-refractivity contribution < 1.29 is 4.39 Å². The van der Waals surface area contributed by atoms with Crippen LogP contribution >= 0.6 is 0 Å². The zero-order valence-electron chi connectivity index (χ0n) is 12.2. The van der Waals surface area contributed by atoms with Gasteiger partial charge >= 0.3 is 0 Å². The summed E-state index contributed by atoms with van der Waals surface area (Å²) in [6.45, 7) is 6.87. The van der Waals surface area contributed by atoms with Crippen molar-refractivity contribution in [2.24, 2.45) is 0 Å². The molecule has 1 heterocycles. The lowest BCUT2D eigenvalue weighted by Gasteiger charge is -2.10. The maximum absolute atomic E-state index is 13.5. The number of halogens is 1. The smallest absolute Gasteiger partial charge is 0.131 e. The monoisotopic (exact) mass is 273 g/mol. The van der Waals surface area contributed by atoms with E-state index in [0.29, 0.717) is 0 Å². The van der Waals surface area contributed by atoms with Gasteiger partial charge in [0.15, 0.2) is 0 Å². The number of hydrogen-bond acceptors (Lipinski definition) is 3. The van der Waals surface area contributed by atoms with Crippen molar-refractivity contribution in [3.63, 3.8) is 0 Å². The molecule has 1 aromatic heterocycles. The predicted octanol–water partition coefficient (Wildman–Crippen LogP) is 3.98. The first-order valence-corrected chi connectivity index (χ1v) is 7.02. The Bertz CT molecular complexity index is 572. The highest BCUT2D eigenvalue weighted by atomic mass is 19.1. The number of hydrogen-bond donors (Lipinski definition) is 1. The zero-order chi connectivity index (χ0) is 14.5. The SMILES string of the molecule is CCCc1nc(NCC)cc(-c2cc(F)ccc2C)n1. The Balaban J connectivity index is 2.51. The van der Waals surface area contributed by atoms with Gasteiger partial charge in [0.1, 0.15) is 17.5 Å². The molecule has 0 aliphatic heterocycles. The standard InChI is InChI=1S/C16H20FN3/c1-4-6-15-19-14(10-16(20-15)18-5-2)13-9-12(17)8-7-11(13)3/h7-10H,4-6H2,1-3H3,(H,18,19,20). The van der Waals surface area contributed by atoms with E-state index in [1.54, 1.807) is 6.07 Å². The summed E-state index contributed by atoms with van der Waals surface area (Å²) < 4.78 is 13.5. The average molecular weight is 273 g/mol. The van der Waals surface area contributed by atoms with E-state index in [2.05, 4.69) is 22.2 Å². The number of anilines is 1. The Morgan fingerprint density at radius 2 is 1.95 bits per heavy atom. The summed E-state index contributed by atoms with van der Waals surface area (Å²) in [6, 6.07) is 6.66. The molecule has 2 aromatic rings. The molecule has 0 aliphatic carbocycles. The number of aryl methyl sites for hydroxylation is 2. The van der Waals surface area contributed by atoms with Crippen LogP contribution in [0.1, 0.15) is 31.7 Å². The number of nitrogens with zero attached hydrogens (tertiary/aromatic N) is 2. The van der Waals surface area contributed by atoms with Crippen LogP contribution in [0.4, 0.5) is 10.2 Å². The first kappa shape index (κ1) is 14.4. The molecule has 1 aromatic carbocycles. The molecule has 0 radical (unpaired) electrons. The van der Waals surface area contributed by atoms with Crippen LogP contribution in [0, 0.1) is 12.7 Å². The number of rotatable bonds is 5. The van der Waals surface area contributed by atoms with Crippen molar-refractivity contribution in [2.45, 2.75) is 33.6 Å². The highest BCUT2D eigenvalue weighted by Crippen LogP contribution is 2.24. The van der Waals surface area contributed by atoms with Gasteiger partial charge in [0.05, 0.1) is 5.69 Å². The lowest BCUT2D eigenvalue weighted by atomic mass is 10.1. The van der Waals surface area contributed by atoms with Crippen molar-refractivity contribution in [3.05, 3.63) is 41.5 Å². The predicted molar refractivity (Wildman–Crippen MR) is 80.3 cm³/mol. The molecule has 0 saturated heterocycles. The third kappa shape index (κ3) is 3.32. The molecule has 20 heavy (non-hydrogen) atoms. The molecule has 106 valence electrons. The Kier molecular flexibility index (Phi) is 4.66. The van der Waals surface area contributed by atoms with Crippen LogP contribution in [0.3, 0.4) is 0 Å². The fourth-order valence-corrected chi connectivity index (χ4v) is 2.11. The Labute approximate surface area is 119 Å². The van der Waals surface area contributed by atoms with Crippen LogP contribution in [0.15, 0.2) is 24.3 Å². The topological polar surface area (TPSA) is 37.8 Å². The van der Waals surface area contributed by atoms with E-state index >= 15 is 0 Å². The van der Waals surface area contributed by atoms with E-state index in [9.17, 15) is 4.39 Å². The van der Waals surface area contributed by atoms with Crippen molar-refractivity contribution >= 4 is 5.82 Å². The van der Waals surface area contributed by atoms with E-state index in [4.69, 9.17) is 0 Å². The van der Waals surface area contributed by atoms with E-state index in [-0.39, 0.29) is 5.82 Å². The average Bonchev–Trinajstić information content (AvgIpc) is 2.42. The van der Waals surface area contributed by atoms with E-state index in [0.717, 1.165) is 47.8 Å². The van der Waals surface area contributed by atoms with E-state index in [1.807, 2.05) is 19.9 Å². The molecule has 0 unspecified atom stereocenters. The second-order valence-corrected chi connectivity index (χ2v) is 4.79. The quantitative estimate of drug-likeness (QED) is 0.895. The Morgan fingerprint density at radius 3 is 2.65 bits per heavy atom. The molecule has 0 bridgehead atoms. The third-order valence-electron chi connectivity index (χ3n) is 3.08. The summed E-state index contributed by atoms with van der Waals surface area (Å²) in [5.74, 6) is 1.35. The molecule has 0 amide bonds. The summed E-state index contributed by atoms with van der Waals surface area (Å²) in [6.07, 6.45) is 1.80. The largest absolute Gasteiger partial charge is 0.370 e. The van der Waals surface area contributed by atoms with E-state index in [1.165, 1.54) is 12.1 Å². The van der Waals surface area contributed by atoms with Crippen molar-refractivity contribution in [1.29, 1.82) is 0 Å². The van der Waals surface area contributed by atoms with Crippen LogP contribution in [0.2, 0.25) is 0 Å². The number of nitrogens with one attached hydrogen (secondary N) is 1. The Hall–Kier alpha value is -1.97. The van der Waals surface area contributed by atoms with Crippen LogP contribution in [0.25, 0.3) is 11.3 Å². The van der Waals surface area contributed by atoms with Crippen LogP contribution < -0.4 is 5.32 Å². The zero-order valence-corrected chi connectivity index (χ0v) is 12.2. The van der Waals surface area contributed by atoms with Crippen LogP contribution in [0.5, 0.6) is 0 Å². The first-order chi connectivity index (χ1) is 9.63. The second kappa shape index (κ2) is 6.46. The molecule has 1 N–H and O–H groups in total. The maximum Gasteiger partial charge on any atom is 0.131 e. The summed E-state index contributed by atoms with van der Waals surface area (Å²) in [4.78, 5) is 9.03. The summed E-state index contributed by atoms with van der Waals surface area (Å²) >= 11 is 0. The number of benzene rings is 1. The van der Waals surface area contributed by atoms with Crippen molar-refractivity contribution in [3.8, 4) is 11.3 Å². The van der Waals surface area contributed by atoms with Gasteiger partial charge in [-0.3, -0.25) is 0 Å². The molecule has 0 atom stereocenters. The van der Waals surface area contributed by atoms with Gasteiger partial charge in [0.25, 0.3) is 0 Å². The molecule has 4 heteroatoms. The lowest BCUT2D eigenvalue weighted by Crippen LogP contribution is -2.05. The minimum absolute atomic E-state index is 0.244. The van der Waals surface area contributed by atoms with Gasteiger partial charge in [-0.25, -0.2) is 14.4 Å². The minimum atomic E-state index is -0.244. The van der Waals surface area contributed by atoms with Gasteiger partial charge in [-0.1, -0.05) is 13.0 Å². The van der Waals surface area contributed by atoms with E-state index < -0.39 is 0 Å². The fourth-order valence-electron chi connectivity index (χ4n) is 2.11. The minimum Gasteiger partial charge on any atom is -0.370 e. The maximum atomic E-state index is 13.5. The number of aromatic nitrogens is 2. The molecular formula is C16H20FN3. The normalized spacial score (nSPS) is 10.6.